The Bertz CT molecular complexity index is 1040. The molecule has 154 valence electrons. The summed E-state index contributed by atoms with van der Waals surface area (Å²) in [5.74, 6) is -0.514. The van der Waals surface area contributed by atoms with Gasteiger partial charge in [0.15, 0.2) is 5.78 Å². The second kappa shape index (κ2) is 8.65. The molecule has 29 heavy (non-hydrogen) atoms. The second-order valence-electron chi connectivity index (χ2n) is 7.11. The van der Waals surface area contributed by atoms with Gasteiger partial charge < -0.3 is 5.32 Å². The zero-order valence-corrected chi connectivity index (χ0v) is 17.9. The standard InChI is InChI=1S/C21H23ClN2O4S/c1-14-18(22)6-5-7-19(14)23-21(26)20-8-3-4-13-24(20)29(27,28)17-11-9-16(10-12-17)15(2)25/h5-7,9-12,20H,3-4,8,13H2,1-2H3,(H,23,26). The Balaban J connectivity index is 1.87. The number of benzene rings is 2. The van der Waals surface area contributed by atoms with Crippen LogP contribution in [0.4, 0.5) is 5.69 Å². The summed E-state index contributed by atoms with van der Waals surface area (Å²) in [6.07, 6.45) is 1.89. The molecule has 1 unspecified atom stereocenters. The number of nitrogens with zero attached hydrogens (tertiary/aromatic N) is 1. The fraction of sp³-hybridized carbons (Fsp3) is 0.333. The van der Waals surface area contributed by atoms with Crippen molar-refractivity contribution in [2.24, 2.45) is 0 Å². The summed E-state index contributed by atoms with van der Waals surface area (Å²) in [6.45, 7) is 3.49. The van der Waals surface area contributed by atoms with Crippen molar-refractivity contribution in [1.29, 1.82) is 0 Å². The number of hydrogen-bond acceptors (Lipinski definition) is 4. The second-order valence-corrected chi connectivity index (χ2v) is 9.41. The molecule has 1 amide bonds. The van der Waals surface area contributed by atoms with E-state index in [1.54, 1.807) is 25.1 Å². The molecule has 2 aromatic rings. The van der Waals surface area contributed by atoms with Crippen LogP contribution in [0.1, 0.15) is 42.1 Å². The lowest BCUT2D eigenvalue weighted by atomic mass is 10.0. The van der Waals surface area contributed by atoms with Crippen LogP contribution in [0.2, 0.25) is 5.02 Å². The number of carbonyl (C=O) groups excluding carboxylic acids is 2. The van der Waals surface area contributed by atoms with E-state index in [1.807, 2.05) is 0 Å². The van der Waals surface area contributed by atoms with Gasteiger partial charge in [0.1, 0.15) is 6.04 Å². The zero-order chi connectivity index (χ0) is 21.2. The number of ketones is 1. The highest BCUT2D eigenvalue weighted by atomic mass is 35.5. The van der Waals surface area contributed by atoms with E-state index >= 15 is 0 Å². The van der Waals surface area contributed by atoms with Crippen molar-refractivity contribution >= 4 is 39.0 Å². The minimum atomic E-state index is -3.87. The number of anilines is 1. The molecule has 1 saturated heterocycles. The van der Waals surface area contributed by atoms with Crippen LogP contribution in [0.25, 0.3) is 0 Å². The van der Waals surface area contributed by atoms with Crippen LogP contribution in [0, 0.1) is 6.92 Å². The number of amides is 1. The summed E-state index contributed by atoms with van der Waals surface area (Å²) >= 11 is 6.12. The zero-order valence-electron chi connectivity index (χ0n) is 16.3. The van der Waals surface area contributed by atoms with Crippen LogP contribution in [0.15, 0.2) is 47.4 Å². The maximum Gasteiger partial charge on any atom is 0.243 e. The van der Waals surface area contributed by atoms with Gasteiger partial charge in [-0.15, -0.1) is 0 Å². The highest BCUT2D eigenvalue weighted by Crippen LogP contribution is 2.28. The minimum Gasteiger partial charge on any atom is -0.324 e. The third kappa shape index (κ3) is 4.52. The van der Waals surface area contributed by atoms with Crippen molar-refractivity contribution in [3.63, 3.8) is 0 Å². The third-order valence-electron chi connectivity index (χ3n) is 5.15. The molecule has 1 fully saturated rings. The van der Waals surface area contributed by atoms with Gasteiger partial charge in [-0.25, -0.2) is 8.42 Å². The molecule has 0 aliphatic carbocycles. The molecular weight excluding hydrogens is 412 g/mol. The Morgan fingerprint density at radius 2 is 1.79 bits per heavy atom. The largest absolute Gasteiger partial charge is 0.324 e. The topological polar surface area (TPSA) is 83.6 Å². The van der Waals surface area contributed by atoms with Crippen LogP contribution in [0.5, 0.6) is 0 Å². The third-order valence-corrected chi connectivity index (χ3v) is 7.48. The van der Waals surface area contributed by atoms with Crippen LogP contribution < -0.4 is 5.32 Å². The maximum absolute atomic E-state index is 13.2. The van der Waals surface area contributed by atoms with E-state index in [1.165, 1.54) is 35.5 Å². The van der Waals surface area contributed by atoms with E-state index in [9.17, 15) is 18.0 Å². The number of halogens is 1. The van der Waals surface area contributed by atoms with Crippen molar-refractivity contribution in [2.45, 2.75) is 44.0 Å². The Morgan fingerprint density at radius 1 is 1.10 bits per heavy atom. The van der Waals surface area contributed by atoms with Gasteiger partial charge in [-0.2, -0.15) is 4.31 Å². The van der Waals surface area contributed by atoms with Gasteiger partial charge in [0.25, 0.3) is 0 Å². The van der Waals surface area contributed by atoms with E-state index in [0.717, 1.165) is 12.0 Å². The molecule has 0 radical (unpaired) electrons. The molecule has 1 aliphatic heterocycles. The highest BCUT2D eigenvalue weighted by Gasteiger charge is 2.37. The molecule has 6 nitrogen and oxygen atoms in total. The average Bonchev–Trinajstić information content (AvgIpc) is 2.71. The van der Waals surface area contributed by atoms with Gasteiger partial charge in [-0.05, 0) is 56.5 Å². The molecular formula is C21H23ClN2O4S. The fourth-order valence-electron chi connectivity index (χ4n) is 3.41. The number of rotatable bonds is 5. The molecule has 0 bridgehead atoms. The number of carbonyl (C=O) groups is 2. The number of Topliss-reactive ketones (excluding diaryl/α,β-unsaturated/α-hetero) is 1. The number of piperidine rings is 1. The van der Waals surface area contributed by atoms with E-state index in [4.69, 9.17) is 11.6 Å². The van der Waals surface area contributed by atoms with Crippen LogP contribution in [-0.2, 0) is 14.8 Å². The predicted octanol–water partition coefficient (Wildman–Crippen LogP) is 4.03. The van der Waals surface area contributed by atoms with Gasteiger partial charge in [-0.1, -0.05) is 36.2 Å². The summed E-state index contributed by atoms with van der Waals surface area (Å²) < 4.78 is 27.7. The molecule has 0 spiro atoms. The molecule has 1 heterocycles. The van der Waals surface area contributed by atoms with E-state index in [0.29, 0.717) is 29.1 Å². The Hall–Kier alpha value is -2.22. The first-order valence-electron chi connectivity index (χ1n) is 9.40. The molecule has 0 saturated carbocycles. The van der Waals surface area contributed by atoms with Crippen LogP contribution >= 0.6 is 11.6 Å². The molecule has 8 heteroatoms. The van der Waals surface area contributed by atoms with Crippen LogP contribution in [0.3, 0.4) is 0 Å². The Morgan fingerprint density at radius 3 is 2.45 bits per heavy atom. The van der Waals surface area contributed by atoms with Crippen molar-refractivity contribution in [3.05, 3.63) is 58.6 Å². The van der Waals surface area contributed by atoms with Crippen LogP contribution in [-0.4, -0.2) is 37.0 Å². The Labute approximate surface area is 175 Å². The smallest absolute Gasteiger partial charge is 0.243 e. The van der Waals surface area contributed by atoms with Gasteiger partial charge in [0.2, 0.25) is 15.9 Å². The summed E-state index contributed by atoms with van der Waals surface area (Å²) in [6, 6.07) is 10.2. The molecule has 1 aliphatic rings. The van der Waals surface area contributed by atoms with Crippen molar-refractivity contribution in [3.8, 4) is 0 Å². The number of nitrogens with one attached hydrogen (secondary N) is 1. The molecule has 1 atom stereocenters. The summed E-state index contributed by atoms with van der Waals surface area (Å²) in [5, 5.41) is 3.35. The van der Waals surface area contributed by atoms with E-state index in [2.05, 4.69) is 5.32 Å². The first-order chi connectivity index (χ1) is 13.7. The monoisotopic (exact) mass is 434 g/mol. The quantitative estimate of drug-likeness (QED) is 0.720. The lowest BCUT2D eigenvalue weighted by Crippen LogP contribution is -2.49. The van der Waals surface area contributed by atoms with Gasteiger partial charge in [0.05, 0.1) is 4.90 Å². The van der Waals surface area contributed by atoms with E-state index < -0.39 is 16.1 Å². The molecule has 2 aromatic carbocycles. The van der Waals surface area contributed by atoms with Gasteiger partial charge in [-0.3, -0.25) is 9.59 Å². The molecule has 3 rings (SSSR count). The highest BCUT2D eigenvalue weighted by molar-refractivity contribution is 7.89. The van der Waals surface area contributed by atoms with Crippen molar-refractivity contribution < 1.29 is 18.0 Å². The number of sulfonamides is 1. The van der Waals surface area contributed by atoms with Crippen molar-refractivity contribution in [2.75, 3.05) is 11.9 Å². The van der Waals surface area contributed by atoms with Crippen molar-refractivity contribution in [1.82, 2.24) is 4.31 Å². The minimum absolute atomic E-state index is 0.0705. The van der Waals surface area contributed by atoms with E-state index in [-0.39, 0.29) is 23.1 Å². The summed E-state index contributed by atoms with van der Waals surface area (Å²) in [5.41, 5.74) is 1.73. The Kier molecular flexibility index (Phi) is 6.41. The van der Waals surface area contributed by atoms with Gasteiger partial charge >= 0.3 is 0 Å². The normalized spacial score (nSPS) is 17.7. The predicted molar refractivity (Wildman–Crippen MR) is 113 cm³/mol. The lowest BCUT2D eigenvalue weighted by Gasteiger charge is -2.33. The summed E-state index contributed by atoms with van der Waals surface area (Å²) in [7, 11) is -3.87. The maximum atomic E-state index is 13.2. The molecule has 0 aromatic heterocycles. The fourth-order valence-corrected chi connectivity index (χ4v) is 5.24. The average molecular weight is 435 g/mol. The van der Waals surface area contributed by atoms with Gasteiger partial charge in [0, 0.05) is 22.8 Å². The first-order valence-corrected chi connectivity index (χ1v) is 11.2. The number of hydrogen-bond donors (Lipinski definition) is 1. The molecule has 1 N–H and O–H groups in total. The SMILES string of the molecule is CC(=O)c1ccc(S(=O)(=O)N2CCCCC2C(=O)Nc2cccc(Cl)c2C)cc1. The first kappa shape index (κ1) is 21.5. The summed E-state index contributed by atoms with van der Waals surface area (Å²) in [4.78, 5) is 24.5. The lowest BCUT2D eigenvalue weighted by molar-refractivity contribution is -0.120.